The highest BCUT2D eigenvalue weighted by atomic mass is 16.5. The predicted octanol–water partition coefficient (Wildman–Crippen LogP) is 1.51. The lowest BCUT2D eigenvalue weighted by molar-refractivity contribution is 0.133. The number of amides is 1. The van der Waals surface area contributed by atoms with E-state index in [1.165, 1.54) is 17.3 Å². The highest BCUT2D eigenvalue weighted by Crippen LogP contribution is 1.99. The summed E-state index contributed by atoms with van der Waals surface area (Å²) in [5.74, 6) is 0. The van der Waals surface area contributed by atoms with E-state index in [0.29, 0.717) is 6.61 Å². The van der Waals surface area contributed by atoms with Crippen LogP contribution in [0.5, 0.6) is 0 Å². The molecule has 1 amide bonds. The van der Waals surface area contributed by atoms with Gasteiger partial charge < -0.3 is 4.74 Å². The van der Waals surface area contributed by atoms with Crippen LogP contribution in [-0.4, -0.2) is 23.8 Å². The minimum absolute atomic E-state index is 0.373. The van der Waals surface area contributed by atoms with Gasteiger partial charge in [0.1, 0.15) is 0 Å². The predicted molar refractivity (Wildman–Crippen MR) is 45.6 cm³/mol. The maximum Gasteiger partial charge on any atom is 0.417 e. The summed E-state index contributed by atoms with van der Waals surface area (Å²) in [5.41, 5.74) is 0. The number of allylic oxidation sites excluding steroid dienone is 1. The van der Waals surface area contributed by atoms with Gasteiger partial charge in [-0.05, 0) is 13.0 Å². The minimum atomic E-state index is -0.393. The summed E-state index contributed by atoms with van der Waals surface area (Å²) in [4.78, 5) is 16.2. The van der Waals surface area contributed by atoms with Gasteiger partial charge in [-0.15, -0.1) is 0 Å². The molecule has 0 spiro atoms. The standard InChI is InChI=1S/C8H10N2O2/c1-2-12-8(11)10-6-3-4-9-5-7-10/h3-7H,2H2,1H3. The van der Waals surface area contributed by atoms with Crippen LogP contribution in [0.25, 0.3) is 0 Å². The van der Waals surface area contributed by atoms with E-state index in [1.54, 1.807) is 25.4 Å². The van der Waals surface area contributed by atoms with Crippen molar-refractivity contribution in [1.82, 2.24) is 4.90 Å². The van der Waals surface area contributed by atoms with E-state index < -0.39 is 6.09 Å². The van der Waals surface area contributed by atoms with Gasteiger partial charge in [0, 0.05) is 24.8 Å². The van der Waals surface area contributed by atoms with Gasteiger partial charge >= 0.3 is 6.09 Å². The van der Waals surface area contributed by atoms with Crippen LogP contribution in [-0.2, 0) is 4.74 Å². The second kappa shape index (κ2) is 4.33. The molecule has 0 aromatic heterocycles. The van der Waals surface area contributed by atoms with Gasteiger partial charge in [0.25, 0.3) is 0 Å². The largest absolute Gasteiger partial charge is 0.449 e. The molecule has 1 aliphatic rings. The lowest BCUT2D eigenvalue weighted by Gasteiger charge is -2.10. The van der Waals surface area contributed by atoms with Crippen molar-refractivity contribution in [3.63, 3.8) is 0 Å². The third-order valence-electron chi connectivity index (χ3n) is 1.21. The van der Waals surface area contributed by atoms with E-state index in [-0.39, 0.29) is 0 Å². The summed E-state index contributed by atoms with van der Waals surface area (Å²) in [5, 5.41) is 0. The maximum atomic E-state index is 11.1. The maximum absolute atomic E-state index is 11.1. The summed E-state index contributed by atoms with van der Waals surface area (Å²) >= 11 is 0. The monoisotopic (exact) mass is 166 g/mol. The first-order chi connectivity index (χ1) is 5.84. The van der Waals surface area contributed by atoms with Crippen molar-refractivity contribution in [2.75, 3.05) is 6.61 Å². The first-order valence-corrected chi connectivity index (χ1v) is 3.66. The van der Waals surface area contributed by atoms with Gasteiger partial charge in [-0.2, -0.15) is 0 Å². The zero-order chi connectivity index (χ0) is 8.81. The van der Waals surface area contributed by atoms with Gasteiger partial charge in [-0.1, -0.05) is 0 Å². The van der Waals surface area contributed by atoms with Crippen molar-refractivity contribution >= 4 is 12.3 Å². The molecule has 0 saturated heterocycles. The minimum Gasteiger partial charge on any atom is -0.449 e. The molecule has 0 saturated carbocycles. The van der Waals surface area contributed by atoms with E-state index in [1.807, 2.05) is 0 Å². The zero-order valence-electron chi connectivity index (χ0n) is 6.80. The molecule has 1 heterocycles. The van der Waals surface area contributed by atoms with Gasteiger partial charge in [-0.25, -0.2) is 4.79 Å². The molecular weight excluding hydrogens is 156 g/mol. The Morgan fingerprint density at radius 3 is 3.17 bits per heavy atom. The van der Waals surface area contributed by atoms with Crippen LogP contribution >= 0.6 is 0 Å². The quantitative estimate of drug-likeness (QED) is 0.592. The van der Waals surface area contributed by atoms with Crippen LogP contribution in [0.1, 0.15) is 6.92 Å². The topological polar surface area (TPSA) is 41.9 Å². The molecule has 12 heavy (non-hydrogen) atoms. The fourth-order valence-corrected chi connectivity index (χ4v) is 0.710. The summed E-state index contributed by atoms with van der Waals surface area (Å²) in [6.45, 7) is 2.14. The first kappa shape index (κ1) is 8.52. The summed E-state index contributed by atoms with van der Waals surface area (Å²) in [7, 11) is 0. The van der Waals surface area contributed by atoms with Crippen molar-refractivity contribution in [3.05, 3.63) is 24.7 Å². The van der Waals surface area contributed by atoms with Crippen LogP contribution < -0.4 is 0 Å². The molecule has 0 aliphatic carbocycles. The summed E-state index contributed by atoms with van der Waals surface area (Å²) in [6.07, 6.45) is 7.52. The third-order valence-corrected chi connectivity index (χ3v) is 1.21. The molecule has 1 rings (SSSR count). The fraction of sp³-hybridized carbons (Fsp3) is 0.250. The van der Waals surface area contributed by atoms with Crippen molar-refractivity contribution in [2.24, 2.45) is 4.99 Å². The van der Waals surface area contributed by atoms with Gasteiger partial charge in [0.15, 0.2) is 0 Å². The Labute approximate surface area is 70.8 Å². The van der Waals surface area contributed by atoms with E-state index in [4.69, 9.17) is 4.74 Å². The summed E-state index contributed by atoms with van der Waals surface area (Å²) in [6, 6.07) is 0. The number of ether oxygens (including phenoxy) is 1. The van der Waals surface area contributed by atoms with Crippen LogP contribution in [0.3, 0.4) is 0 Å². The third kappa shape index (κ3) is 2.23. The number of nitrogens with zero attached hydrogens (tertiary/aromatic N) is 2. The number of rotatable bonds is 1. The number of carbonyl (C=O) groups is 1. The average molecular weight is 166 g/mol. The lowest BCUT2D eigenvalue weighted by atomic mass is 10.6. The molecule has 4 heteroatoms. The number of aliphatic imine (C=N–C) groups is 1. The Morgan fingerprint density at radius 1 is 1.58 bits per heavy atom. The Hall–Kier alpha value is -1.58. The van der Waals surface area contributed by atoms with Crippen LogP contribution in [0.4, 0.5) is 4.79 Å². The molecule has 0 atom stereocenters. The van der Waals surface area contributed by atoms with E-state index >= 15 is 0 Å². The highest BCUT2D eigenvalue weighted by Gasteiger charge is 2.07. The Balaban J connectivity index is 2.57. The van der Waals surface area contributed by atoms with Gasteiger partial charge in [0.2, 0.25) is 0 Å². The van der Waals surface area contributed by atoms with E-state index in [2.05, 4.69) is 4.99 Å². The number of hydrogen-bond acceptors (Lipinski definition) is 3. The Bertz CT molecular complexity index is 227. The van der Waals surface area contributed by atoms with Crippen LogP contribution in [0, 0.1) is 0 Å². The van der Waals surface area contributed by atoms with Gasteiger partial charge in [-0.3, -0.25) is 9.89 Å². The molecule has 0 unspecified atom stereocenters. The molecule has 4 nitrogen and oxygen atoms in total. The molecule has 1 aliphatic heterocycles. The highest BCUT2D eigenvalue weighted by molar-refractivity contribution is 5.76. The van der Waals surface area contributed by atoms with E-state index in [9.17, 15) is 4.79 Å². The number of carbonyl (C=O) groups excluding carboxylic acids is 1. The van der Waals surface area contributed by atoms with Crippen LogP contribution in [0.15, 0.2) is 29.7 Å². The van der Waals surface area contributed by atoms with Crippen molar-refractivity contribution in [3.8, 4) is 0 Å². The molecule has 0 radical (unpaired) electrons. The van der Waals surface area contributed by atoms with Crippen molar-refractivity contribution in [1.29, 1.82) is 0 Å². The second-order valence-electron chi connectivity index (χ2n) is 2.04. The van der Waals surface area contributed by atoms with Gasteiger partial charge in [0.05, 0.1) is 6.61 Å². The average Bonchev–Trinajstić information content (AvgIpc) is 2.32. The zero-order valence-corrected chi connectivity index (χ0v) is 6.80. The Morgan fingerprint density at radius 2 is 2.42 bits per heavy atom. The fourth-order valence-electron chi connectivity index (χ4n) is 0.710. The lowest BCUT2D eigenvalue weighted by Crippen LogP contribution is -2.20. The summed E-state index contributed by atoms with van der Waals surface area (Å²) < 4.78 is 4.77. The van der Waals surface area contributed by atoms with Crippen LogP contribution in [0.2, 0.25) is 0 Å². The van der Waals surface area contributed by atoms with E-state index in [0.717, 1.165) is 0 Å². The molecular formula is C8H10N2O2. The Kier molecular flexibility index (Phi) is 3.07. The SMILES string of the molecule is CCOC(=O)N1C=CC=NC=C1. The molecule has 0 N–H and O–H groups in total. The normalized spacial score (nSPS) is 14.6. The van der Waals surface area contributed by atoms with Crippen molar-refractivity contribution in [2.45, 2.75) is 6.92 Å². The van der Waals surface area contributed by atoms with Crippen molar-refractivity contribution < 1.29 is 9.53 Å². The first-order valence-electron chi connectivity index (χ1n) is 3.66. The smallest absolute Gasteiger partial charge is 0.417 e. The second-order valence-corrected chi connectivity index (χ2v) is 2.04. The molecule has 0 aromatic carbocycles. The molecule has 0 bridgehead atoms. The molecule has 0 fully saturated rings. The molecule has 0 aromatic rings. The number of hydrogen-bond donors (Lipinski definition) is 0. The molecule has 64 valence electrons.